The summed E-state index contributed by atoms with van der Waals surface area (Å²) in [5, 5.41) is 9.62. The lowest BCUT2D eigenvalue weighted by Crippen LogP contribution is -2.44. The first kappa shape index (κ1) is 13.4. The van der Waals surface area contributed by atoms with Crippen LogP contribution in [0.3, 0.4) is 0 Å². The Morgan fingerprint density at radius 2 is 1.84 bits per heavy atom. The third kappa shape index (κ3) is 2.65. The molecule has 0 aromatic carbocycles. The van der Waals surface area contributed by atoms with E-state index in [1.165, 1.54) is 32.4 Å². The van der Waals surface area contributed by atoms with Gasteiger partial charge in [-0.3, -0.25) is 9.69 Å². The van der Waals surface area contributed by atoms with Crippen LogP contribution in [0.15, 0.2) is 0 Å². The Labute approximate surface area is 115 Å². The molecule has 1 unspecified atom stereocenters. The van der Waals surface area contributed by atoms with Crippen LogP contribution in [0.1, 0.15) is 44.9 Å². The van der Waals surface area contributed by atoms with Crippen molar-refractivity contribution in [2.45, 2.75) is 51.0 Å². The van der Waals surface area contributed by atoms with E-state index in [2.05, 4.69) is 9.80 Å². The van der Waals surface area contributed by atoms with Gasteiger partial charge in [-0.15, -0.1) is 0 Å². The van der Waals surface area contributed by atoms with Crippen molar-refractivity contribution in [1.29, 1.82) is 0 Å². The summed E-state index contributed by atoms with van der Waals surface area (Å²) in [6.07, 6.45) is 7.77. The summed E-state index contributed by atoms with van der Waals surface area (Å²) in [7, 11) is 0. The molecule has 0 aromatic heterocycles. The third-order valence-corrected chi connectivity index (χ3v) is 5.43. The van der Waals surface area contributed by atoms with Gasteiger partial charge < -0.3 is 10.0 Å². The van der Waals surface area contributed by atoms with Crippen molar-refractivity contribution < 1.29 is 9.90 Å². The fourth-order valence-corrected chi connectivity index (χ4v) is 4.35. The molecule has 2 saturated heterocycles. The maximum atomic E-state index is 11.7. The van der Waals surface area contributed by atoms with E-state index in [1.807, 2.05) is 0 Å². The predicted octanol–water partition coefficient (Wildman–Crippen LogP) is 1.80. The van der Waals surface area contributed by atoms with Crippen LogP contribution in [-0.4, -0.2) is 59.6 Å². The molecule has 0 bridgehead atoms. The number of rotatable bonds is 3. The topological polar surface area (TPSA) is 43.8 Å². The van der Waals surface area contributed by atoms with Crippen molar-refractivity contribution >= 4 is 5.97 Å². The van der Waals surface area contributed by atoms with E-state index >= 15 is 0 Å². The molecule has 108 valence electrons. The Balaban J connectivity index is 1.66. The van der Waals surface area contributed by atoms with E-state index in [0.717, 1.165) is 45.3 Å². The van der Waals surface area contributed by atoms with Gasteiger partial charge in [0.25, 0.3) is 0 Å². The van der Waals surface area contributed by atoms with Gasteiger partial charge in [-0.2, -0.15) is 0 Å². The summed E-state index contributed by atoms with van der Waals surface area (Å²) in [6.45, 7) is 5.42. The number of carboxylic acid groups (broad SMARTS) is 1. The highest BCUT2D eigenvalue weighted by atomic mass is 16.4. The zero-order valence-electron chi connectivity index (χ0n) is 11.8. The maximum Gasteiger partial charge on any atom is 0.310 e. The largest absolute Gasteiger partial charge is 0.481 e. The zero-order valence-corrected chi connectivity index (χ0v) is 11.8. The SMILES string of the molecule is O=C(O)C1(CN2CCCN3CCCC3C2)CCCC1. The number of carbonyl (C=O) groups is 1. The fraction of sp³-hybridized carbons (Fsp3) is 0.933. The molecule has 1 atom stereocenters. The Kier molecular flexibility index (Phi) is 3.81. The lowest BCUT2D eigenvalue weighted by molar-refractivity contribution is -0.150. The molecule has 1 N–H and O–H groups in total. The van der Waals surface area contributed by atoms with Crippen molar-refractivity contribution in [2.75, 3.05) is 32.7 Å². The van der Waals surface area contributed by atoms with Crippen LogP contribution in [0.4, 0.5) is 0 Å². The lowest BCUT2D eigenvalue weighted by atomic mass is 9.85. The summed E-state index contributed by atoms with van der Waals surface area (Å²) in [5.41, 5.74) is -0.437. The number of hydrogen-bond donors (Lipinski definition) is 1. The monoisotopic (exact) mass is 266 g/mol. The van der Waals surface area contributed by atoms with E-state index in [0.29, 0.717) is 6.04 Å². The van der Waals surface area contributed by atoms with E-state index in [1.54, 1.807) is 0 Å². The number of aliphatic carboxylic acids is 1. The fourth-order valence-electron chi connectivity index (χ4n) is 4.35. The molecule has 19 heavy (non-hydrogen) atoms. The van der Waals surface area contributed by atoms with Crippen molar-refractivity contribution in [2.24, 2.45) is 5.41 Å². The number of hydrogen-bond acceptors (Lipinski definition) is 3. The molecule has 3 aliphatic rings. The van der Waals surface area contributed by atoms with E-state index in [9.17, 15) is 9.90 Å². The Morgan fingerprint density at radius 1 is 1.11 bits per heavy atom. The molecule has 4 nitrogen and oxygen atoms in total. The quantitative estimate of drug-likeness (QED) is 0.846. The first-order valence-electron chi connectivity index (χ1n) is 7.89. The minimum Gasteiger partial charge on any atom is -0.481 e. The lowest BCUT2D eigenvalue weighted by Gasteiger charge is -2.33. The van der Waals surface area contributed by atoms with Crippen LogP contribution >= 0.6 is 0 Å². The molecular formula is C15H26N2O2. The third-order valence-electron chi connectivity index (χ3n) is 5.43. The molecular weight excluding hydrogens is 240 g/mol. The second kappa shape index (κ2) is 5.41. The first-order valence-corrected chi connectivity index (χ1v) is 7.89. The highest BCUT2D eigenvalue weighted by Crippen LogP contribution is 2.39. The van der Waals surface area contributed by atoms with Crippen molar-refractivity contribution in [3.05, 3.63) is 0 Å². The summed E-state index contributed by atoms with van der Waals surface area (Å²) in [6, 6.07) is 0.690. The molecule has 0 aromatic rings. The van der Waals surface area contributed by atoms with Gasteiger partial charge in [0.15, 0.2) is 0 Å². The van der Waals surface area contributed by atoms with Crippen molar-refractivity contribution in [3.8, 4) is 0 Å². The summed E-state index contributed by atoms with van der Waals surface area (Å²) >= 11 is 0. The summed E-state index contributed by atoms with van der Waals surface area (Å²) in [4.78, 5) is 16.7. The average Bonchev–Trinajstić information content (AvgIpc) is 2.97. The van der Waals surface area contributed by atoms with Crippen molar-refractivity contribution in [1.82, 2.24) is 9.80 Å². The summed E-state index contributed by atoms with van der Waals surface area (Å²) in [5.74, 6) is -0.558. The van der Waals surface area contributed by atoms with Gasteiger partial charge in [0.05, 0.1) is 5.41 Å². The highest BCUT2D eigenvalue weighted by molar-refractivity contribution is 5.75. The molecule has 0 spiro atoms. The normalized spacial score (nSPS) is 32.1. The predicted molar refractivity (Wildman–Crippen MR) is 74.2 cm³/mol. The van der Waals surface area contributed by atoms with Gasteiger partial charge >= 0.3 is 5.97 Å². The smallest absolute Gasteiger partial charge is 0.310 e. The van der Waals surface area contributed by atoms with Gasteiger partial charge in [0.1, 0.15) is 0 Å². The molecule has 3 fully saturated rings. The molecule has 0 amide bonds. The average molecular weight is 266 g/mol. The standard InChI is InChI=1S/C15H26N2O2/c18-14(19)15(6-1-2-7-15)12-16-8-4-10-17-9-3-5-13(17)11-16/h13H,1-12H2,(H,18,19). The second-order valence-corrected chi connectivity index (χ2v) is 6.71. The number of carboxylic acids is 1. The minimum absolute atomic E-state index is 0.437. The van der Waals surface area contributed by atoms with Gasteiger partial charge in [0, 0.05) is 19.1 Å². The van der Waals surface area contributed by atoms with Crippen LogP contribution < -0.4 is 0 Å². The highest BCUT2D eigenvalue weighted by Gasteiger charge is 2.43. The van der Waals surface area contributed by atoms with E-state index in [-0.39, 0.29) is 0 Å². The molecule has 1 aliphatic carbocycles. The molecule has 4 heteroatoms. The first-order chi connectivity index (χ1) is 9.20. The van der Waals surface area contributed by atoms with E-state index < -0.39 is 11.4 Å². The molecule has 3 rings (SSSR count). The zero-order chi connectivity index (χ0) is 13.3. The Bertz CT molecular complexity index is 339. The maximum absolute atomic E-state index is 11.7. The molecule has 2 heterocycles. The Morgan fingerprint density at radius 3 is 2.58 bits per heavy atom. The van der Waals surface area contributed by atoms with Gasteiger partial charge in [0.2, 0.25) is 0 Å². The van der Waals surface area contributed by atoms with Crippen LogP contribution in [0.2, 0.25) is 0 Å². The van der Waals surface area contributed by atoms with Gasteiger partial charge in [-0.1, -0.05) is 12.8 Å². The van der Waals surface area contributed by atoms with E-state index in [4.69, 9.17) is 0 Å². The van der Waals surface area contributed by atoms with Gasteiger partial charge in [-0.05, 0) is 51.7 Å². The number of fused-ring (bicyclic) bond motifs is 1. The van der Waals surface area contributed by atoms with Crippen molar-refractivity contribution in [3.63, 3.8) is 0 Å². The molecule has 1 saturated carbocycles. The summed E-state index contributed by atoms with van der Waals surface area (Å²) < 4.78 is 0. The number of nitrogens with zero attached hydrogens (tertiary/aromatic N) is 2. The van der Waals surface area contributed by atoms with Crippen LogP contribution in [0.5, 0.6) is 0 Å². The molecule has 0 radical (unpaired) electrons. The Hall–Kier alpha value is -0.610. The van der Waals surface area contributed by atoms with Crippen LogP contribution in [-0.2, 0) is 4.79 Å². The molecule has 2 aliphatic heterocycles. The second-order valence-electron chi connectivity index (χ2n) is 6.71. The van der Waals surface area contributed by atoms with Gasteiger partial charge in [-0.25, -0.2) is 0 Å². The minimum atomic E-state index is -0.558. The van der Waals surface area contributed by atoms with Crippen LogP contribution in [0, 0.1) is 5.41 Å². The van der Waals surface area contributed by atoms with Crippen LogP contribution in [0.25, 0.3) is 0 Å².